The van der Waals surface area contributed by atoms with Crippen molar-refractivity contribution in [2.75, 3.05) is 27.8 Å². The summed E-state index contributed by atoms with van der Waals surface area (Å²) in [6.45, 7) is 0.673. The smallest absolute Gasteiger partial charge is 0.337 e. The zero-order chi connectivity index (χ0) is 14.7. The molecule has 2 rings (SSSR count). The minimum absolute atomic E-state index is 0.0518. The molecule has 1 fully saturated rings. The molecule has 6 heteroatoms. The molecule has 0 N–H and O–H groups in total. The fraction of sp³-hybridized carbons (Fsp3) is 0.429. The van der Waals surface area contributed by atoms with Gasteiger partial charge < -0.3 is 19.1 Å². The molecule has 1 heterocycles. The number of esters is 1. The third-order valence-electron chi connectivity index (χ3n) is 3.23. The van der Waals surface area contributed by atoms with E-state index in [9.17, 15) is 9.59 Å². The molecule has 20 heavy (non-hydrogen) atoms. The van der Waals surface area contributed by atoms with Crippen LogP contribution < -0.4 is 9.47 Å². The number of ether oxygens (including phenoxy) is 3. The van der Waals surface area contributed by atoms with Crippen molar-refractivity contribution in [1.82, 2.24) is 4.90 Å². The van der Waals surface area contributed by atoms with Crippen molar-refractivity contribution in [2.24, 2.45) is 0 Å². The highest BCUT2D eigenvalue weighted by Crippen LogP contribution is 2.30. The molecule has 1 aliphatic heterocycles. The summed E-state index contributed by atoms with van der Waals surface area (Å²) in [5.74, 6) is 0.333. The number of carbonyl (C=O) groups is 2. The van der Waals surface area contributed by atoms with Crippen LogP contribution >= 0.6 is 0 Å². The van der Waals surface area contributed by atoms with E-state index in [1.54, 1.807) is 24.1 Å². The summed E-state index contributed by atoms with van der Waals surface area (Å²) in [6, 6.07) is 4.72. The second kappa shape index (κ2) is 5.81. The van der Waals surface area contributed by atoms with Crippen molar-refractivity contribution in [3.63, 3.8) is 0 Å². The lowest BCUT2D eigenvalue weighted by atomic mass is 10.2. The van der Waals surface area contributed by atoms with Gasteiger partial charge in [-0.3, -0.25) is 4.79 Å². The Morgan fingerprint density at radius 1 is 1.30 bits per heavy atom. The molecule has 108 valence electrons. The highest BCUT2D eigenvalue weighted by molar-refractivity contribution is 5.90. The lowest BCUT2D eigenvalue weighted by Gasteiger charge is -2.15. The molecule has 1 atom stereocenters. The van der Waals surface area contributed by atoms with E-state index in [1.807, 2.05) is 0 Å². The second-order valence-electron chi connectivity index (χ2n) is 4.51. The molecule has 1 saturated heterocycles. The number of likely N-dealkylation sites (N-methyl/N-ethyl adjacent to an activating group) is 1. The number of amides is 1. The monoisotopic (exact) mass is 279 g/mol. The molecular weight excluding hydrogens is 262 g/mol. The number of hydrogen-bond acceptors (Lipinski definition) is 5. The van der Waals surface area contributed by atoms with Gasteiger partial charge in [0.25, 0.3) is 5.91 Å². The summed E-state index contributed by atoms with van der Waals surface area (Å²) >= 11 is 0. The molecule has 1 aromatic carbocycles. The van der Waals surface area contributed by atoms with Crippen LogP contribution in [-0.2, 0) is 9.53 Å². The van der Waals surface area contributed by atoms with Crippen LogP contribution in [0.4, 0.5) is 0 Å². The Balaban J connectivity index is 2.20. The van der Waals surface area contributed by atoms with Crippen LogP contribution in [0, 0.1) is 0 Å². The van der Waals surface area contributed by atoms with Gasteiger partial charge in [0.1, 0.15) is 0 Å². The lowest BCUT2D eigenvalue weighted by Crippen LogP contribution is -2.29. The minimum Gasteiger partial charge on any atom is -0.493 e. The number of rotatable bonds is 4. The van der Waals surface area contributed by atoms with E-state index in [1.165, 1.54) is 20.3 Å². The molecule has 0 aromatic heterocycles. The van der Waals surface area contributed by atoms with Crippen LogP contribution in [0.1, 0.15) is 16.8 Å². The molecule has 1 amide bonds. The van der Waals surface area contributed by atoms with E-state index in [0.717, 1.165) is 0 Å². The van der Waals surface area contributed by atoms with Crippen LogP contribution in [0.5, 0.6) is 11.5 Å². The second-order valence-corrected chi connectivity index (χ2v) is 4.51. The average molecular weight is 279 g/mol. The Bertz CT molecular complexity index is 528. The highest BCUT2D eigenvalue weighted by Gasteiger charge is 2.31. The van der Waals surface area contributed by atoms with E-state index in [-0.39, 0.29) is 5.91 Å². The summed E-state index contributed by atoms with van der Waals surface area (Å²) in [6.07, 6.45) is 0.134. The van der Waals surface area contributed by atoms with Crippen molar-refractivity contribution in [2.45, 2.75) is 12.5 Å². The van der Waals surface area contributed by atoms with Crippen LogP contribution in [0.2, 0.25) is 0 Å². The predicted molar refractivity (Wildman–Crippen MR) is 71.0 cm³/mol. The minimum atomic E-state index is -0.502. The fourth-order valence-corrected chi connectivity index (χ4v) is 2.06. The Kier molecular flexibility index (Phi) is 4.12. The van der Waals surface area contributed by atoms with Gasteiger partial charge in [-0.2, -0.15) is 0 Å². The first-order valence-electron chi connectivity index (χ1n) is 6.24. The van der Waals surface area contributed by atoms with Crippen molar-refractivity contribution in [3.05, 3.63) is 23.8 Å². The van der Waals surface area contributed by atoms with Gasteiger partial charge in [-0.05, 0) is 18.2 Å². The fourth-order valence-electron chi connectivity index (χ4n) is 2.06. The van der Waals surface area contributed by atoms with Gasteiger partial charge in [0, 0.05) is 20.0 Å². The molecule has 0 spiro atoms. The van der Waals surface area contributed by atoms with Gasteiger partial charge in [-0.1, -0.05) is 0 Å². The molecule has 1 aliphatic rings. The summed E-state index contributed by atoms with van der Waals surface area (Å²) in [4.78, 5) is 24.9. The summed E-state index contributed by atoms with van der Waals surface area (Å²) in [5.41, 5.74) is 0.367. The first kappa shape index (κ1) is 14.2. The number of hydrogen-bond donors (Lipinski definition) is 0. The van der Waals surface area contributed by atoms with Crippen molar-refractivity contribution in [3.8, 4) is 11.5 Å². The van der Waals surface area contributed by atoms with Gasteiger partial charge in [0.2, 0.25) is 0 Å². The van der Waals surface area contributed by atoms with Crippen molar-refractivity contribution >= 4 is 11.9 Å². The number of carbonyl (C=O) groups excluding carboxylic acids is 2. The van der Waals surface area contributed by atoms with E-state index in [4.69, 9.17) is 9.47 Å². The van der Waals surface area contributed by atoms with Crippen LogP contribution in [0.25, 0.3) is 0 Å². The Morgan fingerprint density at radius 3 is 2.60 bits per heavy atom. The van der Waals surface area contributed by atoms with E-state index in [2.05, 4.69) is 4.74 Å². The largest absolute Gasteiger partial charge is 0.493 e. The SMILES string of the molecule is COC(=O)c1ccc(OC2CCN(C)C2=O)c(OC)c1. The first-order valence-corrected chi connectivity index (χ1v) is 6.24. The van der Waals surface area contributed by atoms with Crippen LogP contribution in [0.15, 0.2) is 18.2 Å². The van der Waals surface area contributed by atoms with Crippen LogP contribution in [-0.4, -0.2) is 50.7 Å². The van der Waals surface area contributed by atoms with Gasteiger partial charge in [0.05, 0.1) is 19.8 Å². The topological polar surface area (TPSA) is 65.1 Å². The standard InChI is InChI=1S/C14H17NO5/c1-15-7-6-11(13(15)16)20-10-5-4-9(14(17)19-3)8-12(10)18-2/h4-5,8,11H,6-7H2,1-3H3. The zero-order valence-electron chi connectivity index (χ0n) is 11.7. The molecule has 0 saturated carbocycles. The number of nitrogens with zero attached hydrogens (tertiary/aromatic N) is 1. The van der Waals surface area contributed by atoms with Crippen molar-refractivity contribution < 1.29 is 23.8 Å². The summed E-state index contributed by atoms with van der Waals surface area (Å²) < 4.78 is 15.5. The number of methoxy groups -OCH3 is 2. The van der Waals surface area contributed by atoms with E-state index < -0.39 is 12.1 Å². The van der Waals surface area contributed by atoms with Gasteiger partial charge >= 0.3 is 5.97 Å². The quantitative estimate of drug-likeness (QED) is 0.772. The molecule has 0 radical (unpaired) electrons. The Hall–Kier alpha value is -2.24. The maximum Gasteiger partial charge on any atom is 0.337 e. The average Bonchev–Trinajstić information content (AvgIpc) is 2.78. The molecule has 0 aliphatic carbocycles. The molecular formula is C14H17NO5. The molecule has 1 aromatic rings. The highest BCUT2D eigenvalue weighted by atomic mass is 16.5. The van der Waals surface area contributed by atoms with Crippen molar-refractivity contribution in [1.29, 1.82) is 0 Å². The Morgan fingerprint density at radius 2 is 2.05 bits per heavy atom. The summed E-state index contributed by atoms with van der Waals surface area (Å²) in [7, 11) is 4.53. The van der Waals surface area contributed by atoms with Gasteiger partial charge in [-0.15, -0.1) is 0 Å². The zero-order valence-corrected chi connectivity index (χ0v) is 11.7. The van der Waals surface area contributed by atoms with Crippen LogP contribution in [0.3, 0.4) is 0 Å². The third-order valence-corrected chi connectivity index (χ3v) is 3.23. The summed E-state index contributed by atoms with van der Waals surface area (Å²) in [5, 5.41) is 0. The number of benzene rings is 1. The maximum atomic E-state index is 11.8. The first-order chi connectivity index (χ1) is 9.56. The molecule has 0 bridgehead atoms. The molecule has 1 unspecified atom stereocenters. The maximum absolute atomic E-state index is 11.8. The Labute approximate surface area is 117 Å². The molecule has 6 nitrogen and oxygen atoms in total. The number of likely N-dealkylation sites (tertiary alicyclic amines) is 1. The lowest BCUT2D eigenvalue weighted by molar-refractivity contribution is -0.132. The van der Waals surface area contributed by atoms with E-state index >= 15 is 0 Å². The normalized spacial score (nSPS) is 18.1. The predicted octanol–water partition coefficient (Wildman–Crippen LogP) is 1.09. The van der Waals surface area contributed by atoms with Gasteiger partial charge in [-0.25, -0.2) is 4.79 Å². The van der Waals surface area contributed by atoms with Gasteiger partial charge in [0.15, 0.2) is 17.6 Å². The van der Waals surface area contributed by atoms with E-state index in [0.29, 0.717) is 30.0 Å². The third kappa shape index (κ3) is 2.68.